The molecule has 0 fully saturated rings. The lowest BCUT2D eigenvalue weighted by atomic mass is 10.2. The summed E-state index contributed by atoms with van der Waals surface area (Å²) in [6.45, 7) is 0. The van der Waals surface area contributed by atoms with Crippen LogP contribution in [0.4, 0.5) is 10.5 Å². The minimum atomic E-state index is -0.928. The molecule has 0 bridgehead atoms. The lowest BCUT2D eigenvalue weighted by Gasteiger charge is -2.06. The maximum atomic E-state index is 11.8. The second-order valence-corrected chi connectivity index (χ2v) is 11.1. The Morgan fingerprint density at radius 3 is 1.60 bits per heavy atom. The van der Waals surface area contributed by atoms with Gasteiger partial charge in [-0.3, -0.25) is 19.7 Å². The number of thiocarbonyl (C=S) groups is 1. The third-order valence-corrected chi connectivity index (χ3v) is 7.00. The monoisotopic (exact) mass is 637 g/mol. The molecule has 220 valence electrons. The Morgan fingerprint density at radius 2 is 1.14 bits per heavy atom. The molecule has 0 aromatic heterocycles. The summed E-state index contributed by atoms with van der Waals surface area (Å²) in [5.74, 6) is -0.862. The molecule has 0 unspecified atom stereocenters. The maximum Gasteiger partial charge on any atom is 0.377 e. The van der Waals surface area contributed by atoms with Crippen LogP contribution in [0.1, 0.15) is 11.1 Å². The Balaban J connectivity index is 0.000000238. The first kappa shape index (κ1) is 32.8. The largest absolute Gasteiger partial charge is 0.481 e. The normalized spacial score (nSPS) is 10.0. The van der Waals surface area contributed by atoms with Crippen LogP contribution in [0.15, 0.2) is 113 Å². The molecule has 10 nitrogen and oxygen atoms in total. The van der Waals surface area contributed by atoms with Crippen LogP contribution in [0, 0.1) is 10.1 Å². The van der Waals surface area contributed by atoms with Crippen molar-refractivity contribution in [2.45, 2.75) is 22.6 Å². The Labute approximate surface area is 259 Å². The summed E-state index contributed by atoms with van der Waals surface area (Å²) in [5, 5.41) is 27.3. The van der Waals surface area contributed by atoms with Gasteiger partial charge in [0.1, 0.15) is 11.5 Å². The molecule has 43 heavy (non-hydrogen) atoms. The first-order chi connectivity index (χ1) is 20.6. The van der Waals surface area contributed by atoms with E-state index in [2.05, 4.69) is 0 Å². The highest BCUT2D eigenvalue weighted by atomic mass is 32.2. The van der Waals surface area contributed by atoms with Gasteiger partial charge in [-0.15, -0.1) is 0 Å². The number of benzene rings is 4. The molecule has 4 aromatic rings. The number of nitro groups is 1. The third-order valence-electron chi connectivity index (χ3n) is 5.15. The third kappa shape index (κ3) is 12.4. The van der Waals surface area contributed by atoms with Gasteiger partial charge in [0, 0.05) is 21.9 Å². The van der Waals surface area contributed by atoms with E-state index in [0.717, 1.165) is 22.2 Å². The Morgan fingerprint density at radius 1 is 0.674 bits per heavy atom. The van der Waals surface area contributed by atoms with E-state index in [1.807, 2.05) is 42.5 Å². The van der Waals surface area contributed by atoms with Gasteiger partial charge in [0.2, 0.25) is 4.38 Å². The van der Waals surface area contributed by atoms with E-state index >= 15 is 0 Å². The Hall–Kier alpha value is -4.72. The predicted molar refractivity (Wildman–Crippen MR) is 166 cm³/mol. The van der Waals surface area contributed by atoms with Crippen LogP contribution in [-0.2, 0) is 22.4 Å². The van der Waals surface area contributed by atoms with E-state index < -0.39 is 22.2 Å². The van der Waals surface area contributed by atoms with Crippen molar-refractivity contribution >= 4 is 63.1 Å². The van der Waals surface area contributed by atoms with Gasteiger partial charge in [-0.2, -0.15) is 0 Å². The number of hydrogen-bond acceptors (Lipinski definition) is 10. The van der Waals surface area contributed by atoms with E-state index in [9.17, 15) is 24.5 Å². The minimum Gasteiger partial charge on any atom is -0.481 e. The number of carbonyl (C=O) groups excluding carboxylic acids is 1. The Kier molecular flexibility index (Phi) is 12.7. The molecule has 0 aliphatic rings. The van der Waals surface area contributed by atoms with Crippen molar-refractivity contribution in [3.63, 3.8) is 0 Å². The highest BCUT2D eigenvalue weighted by Crippen LogP contribution is 2.25. The number of nitrogens with zero attached hydrogens (tertiary/aromatic N) is 1. The summed E-state index contributed by atoms with van der Waals surface area (Å²) in [6.07, 6.45) is -0.0614. The van der Waals surface area contributed by atoms with Crippen LogP contribution in [0.5, 0.6) is 11.5 Å². The average molecular weight is 638 g/mol. The number of thioether (sulfide) groups is 2. The van der Waals surface area contributed by atoms with E-state index in [0.29, 0.717) is 20.6 Å². The summed E-state index contributed by atoms with van der Waals surface area (Å²) in [4.78, 5) is 44.4. The van der Waals surface area contributed by atoms with Crippen molar-refractivity contribution < 1.29 is 39.0 Å². The number of carboxylic acid groups (broad SMARTS) is 2. The number of nitro benzene ring substituents is 1. The number of rotatable bonds is 9. The predicted octanol–water partition coefficient (Wildman–Crippen LogP) is 7.28. The number of non-ortho nitro benzene ring substituents is 1. The van der Waals surface area contributed by atoms with Gasteiger partial charge in [0.15, 0.2) is 0 Å². The number of carboxylic acids is 2. The molecule has 0 aliphatic carbocycles. The van der Waals surface area contributed by atoms with Crippen molar-refractivity contribution in [3.8, 4) is 11.5 Å². The van der Waals surface area contributed by atoms with Crippen molar-refractivity contribution in [3.05, 3.63) is 124 Å². The van der Waals surface area contributed by atoms with E-state index in [1.54, 1.807) is 36.4 Å². The topological polar surface area (TPSA) is 153 Å². The van der Waals surface area contributed by atoms with Gasteiger partial charge in [-0.25, -0.2) is 4.79 Å². The summed E-state index contributed by atoms with van der Waals surface area (Å²) in [5.41, 5.74) is 1.30. The molecule has 4 aromatic carbocycles. The van der Waals surface area contributed by atoms with Crippen LogP contribution in [-0.4, -0.2) is 36.8 Å². The maximum absolute atomic E-state index is 11.8. The quantitative estimate of drug-likeness (QED) is 0.0623. The first-order valence-corrected chi connectivity index (χ1v) is 14.3. The number of ether oxygens (including phenoxy) is 2. The molecule has 2 N–H and O–H groups in total. The molecule has 0 saturated carbocycles. The lowest BCUT2D eigenvalue weighted by Crippen LogP contribution is -2.01. The number of para-hydroxylation sites is 1. The van der Waals surface area contributed by atoms with Crippen LogP contribution in [0.25, 0.3) is 0 Å². The zero-order valence-corrected chi connectivity index (χ0v) is 24.6. The van der Waals surface area contributed by atoms with Crippen molar-refractivity contribution in [2.24, 2.45) is 0 Å². The van der Waals surface area contributed by atoms with Gasteiger partial charge >= 0.3 is 17.2 Å². The van der Waals surface area contributed by atoms with E-state index in [1.165, 1.54) is 36.0 Å². The average Bonchev–Trinajstić information content (AvgIpc) is 2.96. The standard InChI is InChI=1S/C15H11NO6S.C15H12O3S2/c17-14(18)9-10-1-7-13(8-2-10)23-15(19)22-12-5-3-11(4-6-12)16(20)21;16-14(17)10-11-6-8-13(9-7-11)20-15(19)18-12-4-2-1-3-5-12/h1-8H,9H2,(H,17,18);1-9H,10H2,(H,16,17). The van der Waals surface area contributed by atoms with Gasteiger partial charge in [0.05, 0.1) is 17.8 Å². The minimum absolute atomic E-state index is 0.0237. The van der Waals surface area contributed by atoms with Gasteiger partial charge in [-0.1, -0.05) is 42.5 Å². The molecule has 4 rings (SSSR count). The second kappa shape index (κ2) is 16.7. The fourth-order valence-electron chi connectivity index (χ4n) is 3.25. The molecule has 0 aliphatic heterocycles. The summed E-state index contributed by atoms with van der Waals surface area (Å²) < 4.78 is 11.0. The summed E-state index contributed by atoms with van der Waals surface area (Å²) in [7, 11) is 0. The SMILES string of the molecule is O=C(O)Cc1ccc(SC(=O)Oc2ccc([N+](=O)[O-])cc2)cc1.O=C(O)Cc1ccc(SC(=S)Oc2ccccc2)cc1. The van der Waals surface area contributed by atoms with Crippen molar-refractivity contribution in [1.82, 2.24) is 0 Å². The number of hydrogen-bond donors (Lipinski definition) is 2. The van der Waals surface area contributed by atoms with Gasteiger partial charge < -0.3 is 19.7 Å². The first-order valence-electron chi connectivity index (χ1n) is 12.3. The van der Waals surface area contributed by atoms with Gasteiger partial charge in [-0.05, 0) is 95.4 Å². The fourth-order valence-corrected chi connectivity index (χ4v) is 4.84. The second-order valence-electron chi connectivity index (χ2n) is 8.40. The number of aliphatic carboxylic acids is 2. The molecule has 0 spiro atoms. The van der Waals surface area contributed by atoms with Crippen LogP contribution in [0.2, 0.25) is 0 Å². The summed E-state index contributed by atoms with van der Waals surface area (Å²) >= 11 is 7.33. The van der Waals surface area contributed by atoms with Crippen LogP contribution >= 0.6 is 35.7 Å². The highest BCUT2D eigenvalue weighted by molar-refractivity contribution is 8.22. The van der Waals surface area contributed by atoms with Crippen LogP contribution in [0.3, 0.4) is 0 Å². The zero-order valence-electron chi connectivity index (χ0n) is 22.2. The molecular formula is C30H23NO9S3. The number of carbonyl (C=O) groups is 3. The molecule has 0 saturated heterocycles. The van der Waals surface area contributed by atoms with Crippen molar-refractivity contribution in [2.75, 3.05) is 0 Å². The molecule has 0 radical (unpaired) electrons. The van der Waals surface area contributed by atoms with E-state index in [4.69, 9.17) is 31.9 Å². The molecule has 0 atom stereocenters. The van der Waals surface area contributed by atoms with Crippen LogP contribution < -0.4 is 9.47 Å². The Bertz CT molecular complexity index is 1560. The molecular weight excluding hydrogens is 615 g/mol. The smallest absolute Gasteiger partial charge is 0.377 e. The molecule has 0 heterocycles. The molecule has 13 heteroatoms. The van der Waals surface area contributed by atoms with Gasteiger partial charge in [0.25, 0.3) is 5.69 Å². The highest BCUT2D eigenvalue weighted by Gasteiger charge is 2.11. The molecule has 0 amide bonds. The lowest BCUT2D eigenvalue weighted by molar-refractivity contribution is -0.384. The van der Waals surface area contributed by atoms with Crippen molar-refractivity contribution in [1.29, 1.82) is 0 Å². The zero-order chi connectivity index (χ0) is 31.2. The fraction of sp³-hybridized carbons (Fsp3) is 0.0667. The van der Waals surface area contributed by atoms with E-state index in [-0.39, 0.29) is 24.3 Å². The summed E-state index contributed by atoms with van der Waals surface area (Å²) in [6, 6.07) is 28.2.